The van der Waals surface area contributed by atoms with Crippen LogP contribution in [-0.4, -0.2) is 29.8 Å². The molecule has 1 saturated heterocycles. The minimum Gasteiger partial charge on any atom is -0.455 e. The molecule has 0 atom stereocenters. The zero-order chi connectivity index (χ0) is 22.5. The highest BCUT2D eigenvalue weighted by molar-refractivity contribution is 6.34. The Labute approximate surface area is 199 Å². The van der Waals surface area contributed by atoms with Crippen molar-refractivity contribution in [2.24, 2.45) is 11.8 Å². The first-order valence-electron chi connectivity index (χ1n) is 11.3. The normalized spacial score (nSPS) is 17.8. The van der Waals surface area contributed by atoms with Crippen LogP contribution in [-0.2, 0) is 9.59 Å². The van der Waals surface area contributed by atoms with Crippen molar-refractivity contribution in [3.8, 4) is 11.5 Å². The molecule has 1 N–H and O–H groups in total. The Kier molecular flexibility index (Phi) is 7.59. The quantitative estimate of drug-likeness (QED) is 0.534. The number of carbonyl (C=O) groups is 2. The van der Waals surface area contributed by atoms with Crippen molar-refractivity contribution < 1.29 is 14.3 Å². The lowest BCUT2D eigenvalue weighted by Crippen LogP contribution is -2.44. The number of nitrogens with zero attached hydrogens (tertiary/aromatic N) is 1. The van der Waals surface area contributed by atoms with Gasteiger partial charge in [-0.15, -0.1) is 0 Å². The van der Waals surface area contributed by atoms with Gasteiger partial charge in [0.1, 0.15) is 5.75 Å². The molecular formula is C25H28Cl2N2O3. The van der Waals surface area contributed by atoms with Gasteiger partial charge >= 0.3 is 0 Å². The number of hydrogen-bond donors (Lipinski definition) is 1. The van der Waals surface area contributed by atoms with E-state index in [1.165, 1.54) is 6.42 Å². The second-order valence-corrected chi connectivity index (χ2v) is 9.50. The van der Waals surface area contributed by atoms with Crippen molar-refractivity contribution >= 4 is 40.7 Å². The van der Waals surface area contributed by atoms with Crippen molar-refractivity contribution in [1.29, 1.82) is 0 Å². The van der Waals surface area contributed by atoms with Gasteiger partial charge in [0.2, 0.25) is 11.8 Å². The lowest BCUT2D eigenvalue weighted by Gasteiger charge is -2.34. The van der Waals surface area contributed by atoms with Crippen molar-refractivity contribution in [2.75, 3.05) is 18.4 Å². The second-order valence-electron chi connectivity index (χ2n) is 8.63. The third-order valence-corrected chi connectivity index (χ3v) is 6.78. The summed E-state index contributed by atoms with van der Waals surface area (Å²) < 4.78 is 5.94. The van der Waals surface area contributed by atoms with E-state index in [0.717, 1.165) is 25.7 Å². The molecule has 2 aromatic rings. The maximum Gasteiger partial charge on any atom is 0.227 e. The van der Waals surface area contributed by atoms with E-state index in [1.807, 2.05) is 17.0 Å². The molecule has 0 unspecified atom stereocenters. The number of nitrogens with one attached hydrogen (secondary N) is 1. The van der Waals surface area contributed by atoms with Crippen LogP contribution in [0.4, 0.5) is 5.69 Å². The summed E-state index contributed by atoms with van der Waals surface area (Å²) in [6.45, 7) is 1.29. The molecule has 1 heterocycles. The summed E-state index contributed by atoms with van der Waals surface area (Å²) in [4.78, 5) is 27.7. The number of benzene rings is 2. The van der Waals surface area contributed by atoms with Crippen LogP contribution in [0.2, 0.25) is 10.0 Å². The number of piperidine rings is 1. The molecule has 0 radical (unpaired) electrons. The fourth-order valence-electron chi connectivity index (χ4n) is 4.58. The van der Waals surface area contributed by atoms with Crippen LogP contribution in [0.3, 0.4) is 0 Å². The van der Waals surface area contributed by atoms with Gasteiger partial charge in [-0.2, -0.15) is 0 Å². The molecule has 0 spiro atoms. The van der Waals surface area contributed by atoms with Crippen molar-refractivity contribution in [2.45, 2.75) is 44.9 Å². The first kappa shape index (κ1) is 22.9. The Balaban J connectivity index is 1.35. The Morgan fingerprint density at radius 3 is 2.22 bits per heavy atom. The largest absolute Gasteiger partial charge is 0.455 e. The number of carbonyl (C=O) groups excluding carboxylic acids is 2. The molecule has 5 nitrogen and oxygen atoms in total. The van der Waals surface area contributed by atoms with Crippen LogP contribution in [0.25, 0.3) is 0 Å². The topological polar surface area (TPSA) is 58.6 Å². The summed E-state index contributed by atoms with van der Waals surface area (Å²) in [5.74, 6) is 1.30. The number of halogens is 2. The van der Waals surface area contributed by atoms with Crippen molar-refractivity contribution in [3.05, 3.63) is 52.5 Å². The second kappa shape index (κ2) is 10.6. The average Bonchev–Trinajstić information content (AvgIpc) is 2.80. The van der Waals surface area contributed by atoms with Gasteiger partial charge in [0.25, 0.3) is 0 Å². The summed E-state index contributed by atoms with van der Waals surface area (Å²) in [7, 11) is 0. The van der Waals surface area contributed by atoms with Gasteiger partial charge in [-0.25, -0.2) is 0 Å². The van der Waals surface area contributed by atoms with Crippen LogP contribution in [0.15, 0.2) is 42.5 Å². The zero-order valence-corrected chi connectivity index (χ0v) is 19.5. The summed E-state index contributed by atoms with van der Waals surface area (Å²) in [6, 6.07) is 12.3. The maximum atomic E-state index is 12.9. The van der Waals surface area contributed by atoms with Gasteiger partial charge in [0.15, 0.2) is 5.75 Å². The summed E-state index contributed by atoms with van der Waals surface area (Å²) in [5, 5.41) is 3.95. The number of anilines is 1. The van der Waals surface area contributed by atoms with Crippen molar-refractivity contribution in [1.82, 2.24) is 4.90 Å². The fourth-order valence-corrected chi connectivity index (χ4v) is 5.08. The molecule has 0 aromatic heterocycles. The molecule has 1 aliphatic carbocycles. The van der Waals surface area contributed by atoms with Gasteiger partial charge in [0.05, 0.1) is 5.69 Å². The molecule has 2 aromatic carbocycles. The maximum absolute atomic E-state index is 12.9. The molecule has 1 aliphatic heterocycles. The standard InChI is InChI=1S/C25H28Cl2N2O3/c26-19-14-20(27)16-21(15-19)32-23-9-5-4-8-22(23)28-24(30)17-10-12-29(13-11-17)25(31)18-6-2-1-3-7-18/h4-5,8-9,14-18H,1-3,6-7,10-13H2,(H,28,30). The highest BCUT2D eigenvalue weighted by atomic mass is 35.5. The third kappa shape index (κ3) is 5.76. The van der Waals surface area contributed by atoms with Crippen molar-refractivity contribution in [3.63, 3.8) is 0 Å². The summed E-state index contributed by atoms with van der Waals surface area (Å²) in [5.41, 5.74) is 0.592. The Hall–Kier alpha value is -2.24. The molecule has 2 fully saturated rings. The number of likely N-dealkylation sites (tertiary alicyclic amines) is 1. The first-order valence-corrected chi connectivity index (χ1v) is 12.1. The Morgan fingerprint density at radius 1 is 0.875 bits per heavy atom. The van der Waals surface area contributed by atoms with Crippen LogP contribution in [0.1, 0.15) is 44.9 Å². The molecule has 1 saturated carbocycles. The third-order valence-electron chi connectivity index (χ3n) is 6.34. The van der Waals surface area contributed by atoms with E-state index in [1.54, 1.807) is 30.3 Å². The Bertz CT molecular complexity index is 947. The van der Waals surface area contributed by atoms with Gasteiger partial charge in [-0.3, -0.25) is 9.59 Å². The first-order chi connectivity index (χ1) is 15.5. The lowest BCUT2D eigenvalue weighted by atomic mass is 9.87. The summed E-state index contributed by atoms with van der Waals surface area (Å²) >= 11 is 12.1. The molecule has 0 bridgehead atoms. The molecule has 7 heteroatoms. The van der Waals surface area contributed by atoms with E-state index in [-0.39, 0.29) is 23.7 Å². The molecule has 4 rings (SSSR count). The average molecular weight is 475 g/mol. The molecule has 2 amide bonds. The predicted molar refractivity (Wildman–Crippen MR) is 127 cm³/mol. The fraction of sp³-hybridized carbons (Fsp3) is 0.440. The van der Waals surface area contributed by atoms with Gasteiger partial charge in [0, 0.05) is 35.0 Å². The predicted octanol–water partition coefficient (Wildman–Crippen LogP) is 6.54. The van der Waals surface area contributed by atoms with Crippen LogP contribution in [0, 0.1) is 11.8 Å². The summed E-state index contributed by atoms with van der Waals surface area (Å²) in [6.07, 6.45) is 6.91. The highest BCUT2D eigenvalue weighted by Crippen LogP contribution is 2.33. The van der Waals surface area contributed by atoms with Gasteiger partial charge in [-0.05, 0) is 56.0 Å². The van der Waals surface area contributed by atoms with Gasteiger partial charge in [-0.1, -0.05) is 54.6 Å². The van der Waals surface area contributed by atoms with E-state index in [9.17, 15) is 9.59 Å². The smallest absolute Gasteiger partial charge is 0.227 e. The molecule has 170 valence electrons. The van der Waals surface area contributed by atoms with E-state index in [4.69, 9.17) is 27.9 Å². The minimum atomic E-state index is -0.126. The zero-order valence-electron chi connectivity index (χ0n) is 18.0. The van der Waals surface area contributed by atoms with Crippen LogP contribution < -0.4 is 10.1 Å². The van der Waals surface area contributed by atoms with E-state index < -0.39 is 0 Å². The monoisotopic (exact) mass is 474 g/mol. The Morgan fingerprint density at radius 2 is 1.53 bits per heavy atom. The van der Waals surface area contributed by atoms with Crippen LogP contribution >= 0.6 is 23.2 Å². The van der Waals surface area contributed by atoms with Gasteiger partial charge < -0.3 is 15.0 Å². The molecule has 2 aliphatic rings. The number of hydrogen-bond acceptors (Lipinski definition) is 3. The number of amides is 2. The highest BCUT2D eigenvalue weighted by Gasteiger charge is 2.31. The molecule has 32 heavy (non-hydrogen) atoms. The number of para-hydroxylation sites is 2. The van der Waals surface area contributed by atoms with E-state index in [2.05, 4.69) is 5.32 Å². The molecular weight excluding hydrogens is 447 g/mol. The number of rotatable bonds is 5. The minimum absolute atomic E-state index is 0.0464. The number of ether oxygens (including phenoxy) is 1. The SMILES string of the molecule is O=C(Nc1ccccc1Oc1cc(Cl)cc(Cl)c1)C1CCN(C(=O)C2CCCCC2)CC1. The van der Waals surface area contributed by atoms with E-state index in [0.29, 0.717) is 53.2 Å². The lowest BCUT2D eigenvalue weighted by molar-refractivity contribution is -0.139. The van der Waals surface area contributed by atoms with Crippen LogP contribution in [0.5, 0.6) is 11.5 Å². The van der Waals surface area contributed by atoms with E-state index >= 15 is 0 Å².